The Morgan fingerprint density at radius 1 is 1.30 bits per heavy atom. The molecular weight excluding hydrogens is 300 g/mol. The Labute approximate surface area is 128 Å². The third kappa shape index (κ3) is 8.07. The molecule has 0 saturated heterocycles. The molecule has 0 aromatic heterocycles. The second kappa shape index (κ2) is 8.85. The van der Waals surface area contributed by atoms with Crippen LogP contribution in [0.25, 0.3) is 0 Å². The lowest BCUT2D eigenvalue weighted by atomic mass is 9.83. The van der Waals surface area contributed by atoms with Crippen molar-refractivity contribution in [2.75, 3.05) is 18.6 Å². The van der Waals surface area contributed by atoms with Gasteiger partial charge in [0.1, 0.15) is 9.84 Å². The molecule has 1 unspecified atom stereocenters. The molecule has 0 heterocycles. The molecule has 0 radical (unpaired) electrons. The van der Waals surface area contributed by atoms with Gasteiger partial charge in [0.25, 0.3) is 0 Å². The van der Waals surface area contributed by atoms with E-state index in [9.17, 15) is 13.2 Å². The summed E-state index contributed by atoms with van der Waals surface area (Å²) in [5.41, 5.74) is 5.69. The van der Waals surface area contributed by atoms with Crippen LogP contribution < -0.4 is 11.1 Å². The van der Waals surface area contributed by atoms with E-state index in [0.29, 0.717) is 12.5 Å². The highest BCUT2D eigenvalue weighted by Gasteiger charge is 2.20. The topological polar surface area (TPSA) is 89.3 Å². The minimum absolute atomic E-state index is 0. The Kier molecular flexibility index (Phi) is 8.70. The molecule has 20 heavy (non-hydrogen) atoms. The van der Waals surface area contributed by atoms with Crippen molar-refractivity contribution in [2.24, 2.45) is 17.6 Å². The Balaban J connectivity index is 0.00000361. The van der Waals surface area contributed by atoms with E-state index in [1.807, 2.05) is 0 Å². The van der Waals surface area contributed by atoms with E-state index in [4.69, 9.17) is 5.73 Å². The Morgan fingerprint density at radius 3 is 2.35 bits per heavy atom. The SMILES string of the molecule is CC1CCC(CNC(=O)C(N)CCS(C)(=O)=O)CC1.Cl. The van der Waals surface area contributed by atoms with Crippen LogP contribution in [0, 0.1) is 11.8 Å². The quantitative estimate of drug-likeness (QED) is 0.765. The zero-order chi connectivity index (χ0) is 14.5. The van der Waals surface area contributed by atoms with E-state index >= 15 is 0 Å². The second-order valence-electron chi connectivity index (χ2n) is 5.90. The van der Waals surface area contributed by atoms with Crippen LogP contribution in [0.2, 0.25) is 0 Å². The summed E-state index contributed by atoms with van der Waals surface area (Å²) in [5.74, 6) is 1.07. The molecule has 1 atom stereocenters. The van der Waals surface area contributed by atoms with Gasteiger partial charge in [0.05, 0.1) is 11.8 Å². The average molecular weight is 327 g/mol. The minimum Gasteiger partial charge on any atom is -0.354 e. The van der Waals surface area contributed by atoms with Crippen molar-refractivity contribution in [2.45, 2.75) is 45.1 Å². The molecule has 1 saturated carbocycles. The largest absolute Gasteiger partial charge is 0.354 e. The summed E-state index contributed by atoms with van der Waals surface area (Å²) in [7, 11) is -3.05. The molecule has 1 aliphatic rings. The van der Waals surface area contributed by atoms with E-state index in [0.717, 1.165) is 25.0 Å². The summed E-state index contributed by atoms with van der Waals surface area (Å²) in [6, 6.07) is -0.725. The van der Waals surface area contributed by atoms with Crippen molar-refractivity contribution in [1.82, 2.24) is 5.32 Å². The van der Waals surface area contributed by atoms with Crippen LogP contribution in [-0.4, -0.2) is 38.9 Å². The van der Waals surface area contributed by atoms with Crippen LogP contribution in [0.5, 0.6) is 0 Å². The number of amides is 1. The summed E-state index contributed by atoms with van der Waals surface area (Å²) in [6.45, 7) is 2.92. The maximum absolute atomic E-state index is 11.7. The number of hydrogen-bond donors (Lipinski definition) is 2. The second-order valence-corrected chi connectivity index (χ2v) is 8.16. The first kappa shape index (κ1) is 19.7. The van der Waals surface area contributed by atoms with Gasteiger partial charge in [-0.15, -0.1) is 12.4 Å². The number of sulfone groups is 1. The van der Waals surface area contributed by atoms with Crippen LogP contribution in [-0.2, 0) is 14.6 Å². The van der Waals surface area contributed by atoms with Crippen LogP contribution in [0.15, 0.2) is 0 Å². The number of nitrogens with two attached hydrogens (primary N) is 1. The highest BCUT2D eigenvalue weighted by atomic mass is 35.5. The fourth-order valence-electron chi connectivity index (χ4n) is 2.38. The van der Waals surface area contributed by atoms with Crippen molar-refractivity contribution in [3.8, 4) is 0 Å². The molecule has 1 fully saturated rings. The lowest BCUT2D eigenvalue weighted by Gasteiger charge is -2.26. The van der Waals surface area contributed by atoms with Crippen molar-refractivity contribution >= 4 is 28.2 Å². The molecule has 1 aliphatic carbocycles. The van der Waals surface area contributed by atoms with Gasteiger partial charge in [-0.25, -0.2) is 8.42 Å². The molecule has 0 bridgehead atoms. The van der Waals surface area contributed by atoms with Crippen LogP contribution in [0.3, 0.4) is 0 Å². The maximum Gasteiger partial charge on any atom is 0.236 e. The van der Waals surface area contributed by atoms with Gasteiger partial charge >= 0.3 is 0 Å². The molecule has 0 aliphatic heterocycles. The number of hydrogen-bond acceptors (Lipinski definition) is 4. The predicted octanol–water partition coefficient (Wildman–Crippen LogP) is 1.11. The van der Waals surface area contributed by atoms with Gasteiger partial charge in [0, 0.05) is 12.8 Å². The third-order valence-corrected chi connectivity index (χ3v) is 4.81. The van der Waals surface area contributed by atoms with E-state index in [1.165, 1.54) is 12.8 Å². The van der Waals surface area contributed by atoms with Gasteiger partial charge in [-0.2, -0.15) is 0 Å². The zero-order valence-corrected chi connectivity index (χ0v) is 13.9. The number of nitrogens with one attached hydrogen (secondary N) is 1. The van der Waals surface area contributed by atoms with E-state index in [1.54, 1.807) is 0 Å². The van der Waals surface area contributed by atoms with Gasteiger partial charge < -0.3 is 11.1 Å². The fraction of sp³-hybridized carbons (Fsp3) is 0.923. The van der Waals surface area contributed by atoms with Gasteiger partial charge in [-0.3, -0.25) is 4.79 Å². The molecule has 3 N–H and O–H groups in total. The Bertz CT molecular complexity index is 392. The van der Waals surface area contributed by atoms with Crippen molar-refractivity contribution < 1.29 is 13.2 Å². The molecule has 120 valence electrons. The highest BCUT2D eigenvalue weighted by Crippen LogP contribution is 2.27. The predicted molar refractivity (Wildman–Crippen MR) is 83.7 cm³/mol. The summed E-state index contributed by atoms with van der Waals surface area (Å²) < 4.78 is 22.0. The van der Waals surface area contributed by atoms with E-state index in [2.05, 4.69) is 12.2 Å². The van der Waals surface area contributed by atoms with Gasteiger partial charge in [-0.05, 0) is 31.1 Å². The van der Waals surface area contributed by atoms with Gasteiger partial charge in [0.15, 0.2) is 0 Å². The van der Waals surface area contributed by atoms with E-state index < -0.39 is 15.9 Å². The molecule has 0 aromatic carbocycles. The average Bonchev–Trinajstić information content (AvgIpc) is 2.34. The lowest BCUT2D eigenvalue weighted by Crippen LogP contribution is -2.43. The number of rotatable bonds is 6. The van der Waals surface area contributed by atoms with E-state index in [-0.39, 0.29) is 30.5 Å². The Morgan fingerprint density at radius 2 is 1.85 bits per heavy atom. The number of halogens is 1. The zero-order valence-electron chi connectivity index (χ0n) is 12.3. The molecule has 7 heteroatoms. The smallest absolute Gasteiger partial charge is 0.236 e. The van der Waals surface area contributed by atoms with Crippen LogP contribution >= 0.6 is 12.4 Å². The normalized spacial score (nSPS) is 24.6. The van der Waals surface area contributed by atoms with Crippen molar-refractivity contribution in [3.05, 3.63) is 0 Å². The first-order valence-corrected chi connectivity index (χ1v) is 9.05. The summed E-state index contributed by atoms with van der Waals surface area (Å²) in [6.07, 6.45) is 6.09. The van der Waals surface area contributed by atoms with Gasteiger partial charge in [0.2, 0.25) is 5.91 Å². The molecule has 5 nitrogen and oxygen atoms in total. The first-order chi connectivity index (χ1) is 8.78. The molecule has 1 rings (SSSR count). The molecular formula is C13H27ClN2O3S. The third-order valence-electron chi connectivity index (χ3n) is 3.84. The lowest BCUT2D eigenvalue weighted by molar-refractivity contribution is -0.122. The molecule has 1 amide bonds. The standard InChI is InChI=1S/C13H26N2O3S.ClH/c1-10-3-5-11(6-4-10)9-15-13(16)12(14)7-8-19(2,17)18;/h10-12H,3-9,14H2,1-2H3,(H,15,16);1H. The van der Waals surface area contributed by atoms with Crippen LogP contribution in [0.4, 0.5) is 0 Å². The van der Waals surface area contributed by atoms with Crippen molar-refractivity contribution in [3.63, 3.8) is 0 Å². The van der Waals surface area contributed by atoms with Crippen LogP contribution in [0.1, 0.15) is 39.0 Å². The maximum atomic E-state index is 11.7. The number of carbonyl (C=O) groups excluding carboxylic acids is 1. The summed E-state index contributed by atoms with van der Waals surface area (Å²) >= 11 is 0. The van der Waals surface area contributed by atoms with Crippen molar-refractivity contribution in [1.29, 1.82) is 0 Å². The Hall–Kier alpha value is -0.330. The monoisotopic (exact) mass is 326 g/mol. The summed E-state index contributed by atoms with van der Waals surface area (Å²) in [4.78, 5) is 11.7. The van der Waals surface area contributed by atoms with Gasteiger partial charge in [-0.1, -0.05) is 19.8 Å². The minimum atomic E-state index is -3.05. The number of carbonyl (C=O) groups is 1. The first-order valence-electron chi connectivity index (χ1n) is 6.99. The molecule has 0 spiro atoms. The highest BCUT2D eigenvalue weighted by molar-refractivity contribution is 7.90. The molecule has 0 aromatic rings. The summed E-state index contributed by atoms with van der Waals surface area (Å²) in [5, 5.41) is 2.84. The fourth-order valence-corrected chi connectivity index (χ4v) is 3.06.